The van der Waals surface area contributed by atoms with Gasteiger partial charge in [0.1, 0.15) is 0 Å². The van der Waals surface area contributed by atoms with Gasteiger partial charge in [-0.3, -0.25) is 9.79 Å². The molecule has 2 aliphatic heterocycles. The van der Waals surface area contributed by atoms with E-state index < -0.39 is 0 Å². The van der Waals surface area contributed by atoms with Crippen molar-refractivity contribution in [3.05, 3.63) is 29.8 Å². The summed E-state index contributed by atoms with van der Waals surface area (Å²) in [5, 5.41) is 6.49. The van der Waals surface area contributed by atoms with Crippen LogP contribution in [0.4, 0.5) is 5.69 Å². The lowest BCUT2D eigenvalue weighted by molar-refractivity contribution is -0.117. The minimum atomic E-state index is -0.0555. The van der Waals surface area contributed by atoms with Gasteiger partial charge in [-0.2, -0.15) is 0 Å². The Morgan fingerprint density at radius 3 is 2.88 bits per heavy atom. The molecule has 2 heterocycles. The summed E-state index contributed by atoms with van der Waals surface area (Å²) in [5.74, 6) is 1.06. The number of hydrogen-bond donors (Lipinski definition) is 2. The second-order valence-electron chi connectivity index (χ2n) is 8.12. The van der Waals surface area contributed by atoms with Gasteiger partial charge in [-0.25, -0.2) is 0 Å². The normalized spacial score (nSPS) is 24.7. The van der Waals surface area contributed by atoms with E-state index in [-0.39, 0.29) is 11.8 Å². The third-order valence-electron chi connectivity index (χ3n) is 6.49. The number of carbonyl (C=O) groups is 1. The van der Waals surface area contributed by atoms with Crippen LogP contribution in [0.5, 0.6) is 0 Å². The topological polar surface area (TPSA) is 56.7 Å². The Balaban J connectivity index is 1.32. The SMILES string of the molecule is CN=C(NCCC1C(=O)Nc2ccccc21)N1CCC2(CCCCC2)C1. The molecule has 5 nitrogen and oxygen atoms in total. The zero-order chi connectivity index (χ0) is 18.0. The molecule has 1 aromatic rings. The molecule has 1 spiro atoms. The summed E-state index contributed by atoms with van der Waals surface area (Å²) in [5.41, 5.74) is 2.61. The summed E-state index contributed by atoms with van der Waals surface area (Å²) in [4.78, 5) is 19.2. The summed E-state index contributed by atoms with van der Waals surface area (Å²) >= 11 is 0. The molecule has 1 atom stereocenters. The molecule has 1 saturated heterocycles. The lowest BCUT2D eigenvalue weighted by atomic mass is 9.73. The maximum absolute atomic E-state index is 12.3. The lowest BCUT2D eigenvalue weighted by Crippen LogP contribution is -2.42. The molecule has 0 radical (unpaired) electrons. The Morgan fingerprint density at radius 2 is 2.08 bits per heavy atom. The van der Waals surface area contributed by atoms with Crippen LogP contribution >= 0.6 is 0 Å². The Morgan fingerprint density at radius 1 is 1.27 bits per heavy atom. The number of guanidine groups is 1. The van der Waals surface area contributed by atoms with E-state index >= 15 is 0 Å². The molecule has 26 heavy (non-hydrogen) atoms. The fourth-order valence-corrected chi connectivity index (χ4v) is 5.05. The summed E-state index contributed by atoms with van der Waals surface area (Å²) in [6.07, 6.45) is 9.01. The molecule has 1 amide bonds. The van der Waals surface area contributed by atoms with Gasteiger partial charge in [0.05, 0.1) is 5.92 Å². The Hall–Kier alpha value is -2.04. The molecular weight excluding hydrogens is 324 g/mol. The van der Waals surface area contributed by atoms with Gasteiger partial charge >= 0.3 is 0 Å². The van der Waals surface area contributed by atoms with Crippen LogP contribution in [0.2, 0.25) is 0 Å². The monoisotopic (exact) mass is 354 g/mol. The number of benzene rings is 1. The highest BCUT2D eigenvalue weighted by molar-refractivity contribution is 6.02. The van der Waals surface area contributed by atoms with Gasteiger partial charge in [-0.15, -0.1) is 0 Å². The van der Waals surface area contributed by atoms with E-state index in [2.05, 4.69) is 26.6 Å². The quantitative estimate of drug-likeness (QED) is 0.646. The molecule has 140 valence electrons. The van der Waals surface area contributed by atoms with Crippen LogP contribution in [0, 0.1) is 5.41 Å². The van der Waals surface area contributed by atoms with Crippen LogP contribution < -0.4 is 10.6 Å². The van der Waals surface area contributed by atoms with Crippen LogP contribution in [0.3, 0.4) is 0 Å². The molecule has 1 unspecified atom stereocenters. The van der Waals surface area contributed by atoms with E-state index in [1.165, 1.54) is 38.5 Å². The van der Waals surface area contributed by atoms with Crippen LogP contribution in [-0.2, 0) is 4.79 Å². The molecule has 0 bridgehead atoms. The molecule has 0 aromatic heterocycles. The number of nitrogens with one attached hydrogen (secondary N) is 2. The summed E-state index contributed by atoms with van der Waals surface area (Å²) in [6, 6.07) is 8.01. The number of likely N-dealkylation sites (tertiary alicyclic amines) is 1. The van der Waals surface area contributed by atoms with E-state index in [0.717, 1.165) is 43.3 Å². The van der Waals surface area contributed by atoms with Gasteiger partial charge in [-0.1, -0.05) is 37.5 Å². The van der Waals surface area contributed by atoms with Crippen molar-refractivity contribution in [1.29, 1.82) is 0 Å². The highest BCUT2D eigenvalue weighted by Crippen LogP contribution is 2.43. The predicted octanol–water partition coefficient (Wildman–Crippen LogP) is 3.34. The van der Waals surface area contributed by atoms with Gasteiger partial charge in [0, 0.05) is 32.4 Å². The number of hydrogen-bond acceptors (Lipinski definition) is 2. The minimum Gasteiger partial charge on any atom is -0.356 e. The van der Waals surface area contributed by atoms with Crippen LogP contribution in [0.1, 0.15) is 56.4 Å². The highest BCUT2D eigenvalue weighted by Gasteiger charge is 2.39. The van der Waals surface area contributed by atoms with Gasteiger partial charge in [0.25, 0.3) is 0 Å². The standard InChI is InChI=1S/C21H30N4O/c1-22-20(25-14-12-21(15-25)10-5-2-6-11-21)23-13-9-17-16-7-3-4-8-18(16)24-19(17)26/h3-4,7-8,17H,2,5-6,9-15H2,1H3,(H,22,23)(H,24,26). The van der Waals surface area contributed by atoms with Gasteiger partial charge in [0.2, 0.25) is 5.91 Å². The summed E-state index contributed by atoms with van der Waals surface area (Å²) in [6.45, 7) is 3.01. The van der Waals surface area contributed by atoms with Crippen molar-refractivity contribution in [2.45, 2.75) is 50.9 Å². The highest BCUT2D eigenvalue weighted by atomic mass is 16.2. The smallest absolute Gasteiger partial charge is 0.232 e. The predicted molar refractivity (Wildman–Crippen MR) is 105 cm³/mol. The Labute approximate surface area is 156 Å². The Kier molecular flexibility index (Phi) is 4.88. The first-order chi connectivity index (χ1) is 12.7. The summed E-state index contributed by atoms with van der Waals surface area (Å²) < 4.78 is 0. The lowest BCUT2D eigenvalue weighted by Gasteiger charge is -2.33. The third-order valence-corrected chi connectivity index (χ3v) is 6.49. The van der Waals surface area contributed by atoms with Crippen LogP contribution in [0.25, 0.3) is 0 Å². The molecule has 3 aliphatic rings. The van der Waals surface area contributed by atoms with Crippen molar-refractivity contribution < 1.29 is 4.79 Å². The van der Waals surface area contributed by atoms with Crippen LogP contribution in [-0.4, -0.2) is 43.4 Å². The van der Waals surface area contributed by atoms with E-state index in [9.17, 15) is 4.79 Å². The van der Waals surface area contributed by atoms with Crippen molar-refractivity contribution in [2.75, 3.05) is 32.0 Å². The fraction of sp³-hybridized carbons (Fsp3) is 0.619. The molecule has 5 heteroatoms. The molecular formula is C21H30N4O. The third kappa shape index (κ3) is 3.31. The number of fused-ring (bicyclic) bond motifs is 1. The van der Waals surface area contributed by atoms with Gasteiger partial charge < -0.3 is 15.5 Å². The maximum Gasteiger partial charge on any atom is 0.232 e. The van der Waals surface area contributed by atoms with E-state index in [0.29, 0.717) is 5.41 Å². The molecule has 1 aromatic carbocycles. The number of para-hydroxylation sites is 1. The molecule has 2 N–H and O–H groups in total. The fourth-order valence-electron chi connectivity index (χ4n) is 5.05. The summed E-state index contributed by atoms with van der Waals surface area (Å²) in [7, 11) is 1.87. The molecule has 1 saturated carbocycles. The molecule has 2 fully saturated rings. The number of rotatable bonds is 3. The van der Waals surface area contributed by atoms with Crippen molar-refractivity contribution in [1.82, 2.24) is 10.2 Å². The Bertz CT molecular complexity index is 693. The first-order valence-corrected chi connectivity index (χ1v) is 10.1. The first kappa shape index (κ1) is 17.4. The van der Waals surface area contributed by atoms with Crippen molar-refractivity contribution in [2.24, 2.45) is 10.4 Å². The van der Waals surface area contributed by atoms with Gasteiger partial charge in [0.15, 0.2) is 5.96 Å². The number of aliphatic imine (C=N–C) groups is 1. The van der Waals surface area contributed by atoms with E-state index in [1.54, 1.807) is 0 Å². The number of carbonyl (C=O) groups excluding carboxylic acids is 1. The van der Waals surface area contributed by atoms with E-state index in [1.807, 2.05) is 25.2 Å². The second kappa shape index (κ2) is 7.29. The van der Waals surface area contributed by atoms with Crippen molar-refractivity contribution >= 4 is 17.6 Å². The maximum atomic E-state index is 12.3. The zero-order valence-corrected chi connectivity index (χ0v) is 15.8. The van der Waals surface area contributed by atoms with Crippen LogP contribution in [0.15, 0.2) is 29.3 Å². The largest absolute Gasteiger partial charge is 0.356 e. The number of amides is 1. The molecule has 4 rings (SSSR count). The average molecular weight is 354 g/mol. The second-order valence-corrected chi connectivity index (χ2v) is 8.12. The van der Waals surface area contributed by atoms with Crippen molar-refractivity contribution in [3.63, 3.8) is 0 Å². The van der Waals surface area contributed by atoms with Gasteiger partial charge in [-0.05, 0) is 42.7 Å². The first-order valence-electron chi connectivity index (χ1n) is 10.1. The van der Waals surface area contributed by atoms with E-state index in [4.69, 9.17) is 0 Å². The minimum absolute atomic E-state index is 0.0555. The number of nitrogens with zero attached hydrogens (tertiary/aromatic N) is 2. The average Bonchev–Trinajstić information content (AvgIpc) is 3.20. The number of anilines is 1. The zero-order valence-electron chi connectivity index (χ0n) is 15.8. The van der Waals surface area contributed by atoms with Crippen molar-refractivity contribution in [3.8, 4) is 0 Å². The molecule has 1 aliphatic carbocycles.